The van der Waals surface area contributed by atoms with Crippen LogP contribution in [0.15, 0.2) is 15.9 Å². The maximum atomic E-state index is 3.67. The van der Waals surface area contributed by atoms with E-state index >= 15 is 0 Å². The largest absolute Gasteiger partial charge is 0.309 e. The third-order valence-corrected chi connectivity index (χ3v) is 4.66. The minimum atomic E-state index is 0.558. The van der Waals surface area contributed by atoms with Crippen molar-refractivity contribution in [2.45, 2.75) is 58.4 Å². The first-order valence-electron chi connectivity index (χ1n) is 6.76. The number of thiophene rings is 1. The molecule has 1 rings (SSSR count). The summed E-state index contributed by atoms with van der Waals surface area (Å²) in [5, 5.41) is 3.67. The Morgan fingerprint density at radius 1 is 1.18 bits per heavy atom. The quantitative estimate of drug-likeness (QED) is 0.591. The van der Waals surface area contributed by atoms with E-state index in [1.165, 1.54) is 47.2 Å². The Kier molecular flexibility index (Phi) is 8.15. The molecule has 0 radical (unpaired) electrons. The van der Waals surface area contributed by atoms with Crippen molar-refractivity contribution in [1.82, 2.24) is 5.32 Å². The molecule has 0 aliphatic rings. The molecule has 1 unspecified atom stereocenters. The van der Waals surface area contributed by atoms with E-state index in [0.717, 1.165) is 6.54 Å². The zero-order chi connectivity index (χ0) is 12.5. The standard InChI is InChI=1S/C14H24BrNS/c1-3-5-6-7-8-12(16-11-4-2)13-9-10-14(15)17-13/h9-10,12,16H,3-8,11H2,1-2H3. The monoisotopic (exact) mass is 317 g/mol. The van der Waals surface area contributed by atoms with Crippen LogP contribution < -0.4 is 5.32 Å². The molecule has 0 aromatic carbocycles. The molecule has 0 saturated carbocycles. The van der Waals surface area contributed by atoms with Gasteiger partial charge in [0.2, 0.25) is 0 Å². The highest BCUT2D eigenvalue weighted by molar-refractivity contribution is 9.11. The fourth-order valence-electron chi connectivity index (χ4n) is 1.95. The summed E-state index contributed by atoms with van der Waals surface area (Å²) >= 11 is 5.42. The number of hydrogen-bond acceptors (Lipinski definition) is 2. The first-order chi connectivity index (χ1) is 8.27. The van der Waals surface area contributed by atoms with E-state index in [-0.39, 0.29) is 0 Å². The number of hydrogen-bond donors (Lipinski definition) is 1. The summed E-state index contributed by atoms with van der Waals surface area (Å²) in [5.74, 6) is 0. The molecule has 17 heavy (non-hydrogen) atoms. The molecule has 0 amide bonds. The lowest BCUT2D eigenvalue weighted by molar-refractivity contribution is 0.476. The van der Waals surface area contributed by atoms with Crippen molar-refractivity contribution in [3.05, 3.63) is 20.8 Å². The minimum absolute atomic E-state index is 0.558. The van der Waals surface area contributed by atoms with Crippen LogP contribution in [0, 0.1) is 0 Å². The molecular weight excluding hydrogens is 294 g/mol. The number of unbranched alkanes of at least 4 members (excludes halogenated alkanes) is 3. The van der Waals surface area contributed by atoms with Gasteiger partial charge in [0.05, 0.1) is 3.79 Å². The minimum Gasteiger partial charge on any atom is -0.309 e. The van der Waals surface area contributed by atoms with E-state index in [4.69, 9.17) is 0 Å². The molecule has 0 fully saturated rings. The van der Waals surface area contributed by atoms with Gasteiger partial charge in [0.25, 0.3) is 0 Å². The van der Waals surface area contributed by atoms with Crippen molar-refractivity contribution < 1.29 is 0 Å². The third kappa shape index (κ3) is 6.03. The van der Waals surface area contributed by atoms with Gasteiger partial charge in [0.15, 0.2) is 0 Å². The number of rotatable bonds is 9. The van der Waals surface area contributed by atoms with Gasteiger partial charge < -0.3 is 5.32 Å². The molecule has 3 heteroatoms. The van der Waals surface area contributed by atoms with Gasteiger partial charge in [-0.05, 0) is 47.4 Å². The highest BCUT2D eigenvalue weighted by atomic mass is 79.9. The fourth-order valence-corrected chi connectivity index (χ4v) is 3.49. The molecule has 0 spiro atoms. The second kappa shape index (κ2) is 9.12. The molecule has 0 aliphatic carbocycles. The van der Waals surface area contributed by atoms with Crippen LogP contribution in [0.5, 0.6) is 0 Å². The van der Waals surface area contributed by atoms with Crippen molar-refractivity contribution in [2.24, 2.45) is 0 Å². The van der Waals surface area contributed by atoms with E-state index < -0.39 is 0 Å². The van der Waals surface area contributed by atoms with Gasteiger partial charge in [-0.3, -0.25) is 0 Å². The van der Waals surface area contributed by atoms with Crippen LogP contribution >= 0.6 is 27.3 Å². The van der Waals surface area contributed by atoms with E-state index in [9.17, 15) is 0 Å². The smallest absolute Gasteiger partial charge is 0.0701 e. The summed E-state index contributed by atoms with van der Waals surface area (Å²) < 4.78 is 1.24. The maximum Gasteiger partial charge on any atom is 0.0701 e. The highest BCUT2D eigenvalue weighted by Gasteiger charge is 2.12. The van der Waals surface area contributed by atoms with Gasteiger partial charge in [-0.25, -0.2) is 0 Å². The van der Waals surface area contributed by atoms with Gasteiger partial charge in [-0.2, -0.15) is 0 Å². The molecule has 0 bridgehead atoms. The van der Waals surface area contributed by atoms with Crippen LogP contribution in [0.25, 0.3) is 0 Å². The number of nitrogens with one attached hydrogen (secondary N) is 1. The van der Waals surface area contributed by atoms with Crippen LogP contribution in [0.1, 0.15) is 63.3 Å². The Morgan fingerprint density at radius 2 is 2.00 bits per heavy atom. The zero-order valence-corrected chi connectivity index (χ0v) is 13.4. The molecule has 1 N–H and O–H groups in total. The summed E-state index contributed by atoms with van der Waals surface area (Å²) in [6.45, 7) is 5.61. The van der Waals surface area contributed by atoms with Gasteiger partial charge in [0.1, 0.15) is 0 Å². The summed E-state index contributed by atoms with van der Waals surface area (Å²) in [6.07, 6.45) is 7.87. The lowest BCUT2D eigenvalue weighted by Crippen LogP contribution is -2.21. The van der Waals surface area contributed by atoms with Gasteiger partial charge in [-0.15, -0.1) is 11.3 Å². The van der Waals surface area contributed by atoms with Crippen molar-refractivity contribution >= 4 is 27.3 Å². The molecule has 1 atom stereocenters. The first-order valence-corrected chi connectivity index (χ1v) is 8.37. The van der Waals surface area contributed by atoms with E-state index in [2.05, 4.69) is 47.2 Å². The van der Waals surface area contributed by atoms with Gasteiger partial charge in [-0.1, -0.05) is 39.5 Å². The van der Waals surface area contributed by atoms with Gasteiger partial charge in [0, 0.05) is 10.9 Å². The van der Waals surface area contributed by atoms with Crippen LogP contribution in [0.4, 0.5) is 0 Å². The second-order valence-electron chi connectivity index (χ2n) is 4.50. The van der Waals surface area contributed by atoms with Crippen molar-refractivity contribution in [2.75, 3.05) is 6.54 Å². The Bertz CT molecular complexity index is 298. The predicted octanol–water partition coefficient (Wildman–Crippen LogP) is 5.52. The fraction of sp³-hybridized carbons (Fsp3) is 0.714. The zero-order valence-electron chi connectivity index (χ0n) is 11.0. The summed E-state index contributed by atoms with van der Waals surface area (Å²) in [4.78, 5) is 1.47. The average Bonchev–Trinajstić information content (AvgIpc) is 2.75. The van der Waals surface area contributed by atoms with Crippen LogP contribution in [0.3, 0.4) is 0 Å². The molecule has 1 aromatic heterocycles. The Balaban J connectivity index is 2.42. The lowest BCUT2D eigenvalue weighted by atomic mass is 10.1. The van der Waals surface area contributed by atoms with Crippen LogP contribution in [-0.2, 0) is 0 Å². The Labute approximate surface area is 118 Å². The van der Waals surface area contributed by atoms with E-state index in [0.29, 0.717) is 6.04 Å². The van der Waals surface area contributed by atoms with E-state index in [1.54, 1.807) is 0 Å². The topological polar surface area (TPSA) is 12.0 Å². The molecule has 0 saturated heterocycles. The third-order valence-electron chi connectivity index (χ3n) is 2.92. The second-order valence-corrected chi connectivity index (χ2v) is 6.99. The Morgan fingerprint density at radius 3 is 2.59 bits per heavy atom. The molecule has 1 nitrogen and oxygen atoms in total. The van der Waals surface area contributed by atoms with Crippen molar-refractivity contribution in [3.63, 3.8) is 0 Å². The molecular formula is C14H24BrNS. The predicted molar refractivity (Wildman–Crippen MR) is 81.8 cm³/mol. The van der Waals surface area contributed by atoms with Crippen molar-refractivity contribution in [1.29, 1.82) is 0 Å². The van der Waals surface area contributed by atoms with Crippen LogP contribution in [0.2, 0.25) is 0 Å². The first kappa shape index (κ1) is 15.2. The maximum absolute atomic E-state index is 3.67. The average molecular weight is 318 g/mol. The normalized spacial score (nSPS) is 12.9. The number of halogens is 1. The lowest BCUT2D eigenvalue weighted by Gasteiger charge is -2.17. The van der Waals surface area contributed by atoms with Gasteiger partial charge >= 0.3 is 0 Å². The summed E-state index contributed by atoms with van der Waals surface area (Å²) in [6, 6.07) is 4.97. The van der Waals surface area contributed by atoms with Crippen LogP contribution in [-0.4, -0.2) is 6.54 Å². The summed E-state index contributed by atoms with van der Waals surface area (Å²) in [7, 11) is 0. The summed E-state index contributed by atoms with van der Waals surface area (Å²) in [5.41, 5.74) is 0. The van der Waals surface area contributed by atoms with Crippen molar-refractivity contribution in [3.8, 4) is 0 Å². The van der Waals surface area contributed by atoms with E-state index in [1.807, 2.05) is 11.3 Å². The molecule has 1 heterocycles. The SMILES string of the molecule is CCCCCCC(NCCC)c1ccc(Br)s1. The molecule has 1 aromatic rings. The molecule has 0 aliphatic heterocycles. The highest BCUT2D eigenvalue weighted by Crippen LogP contribution is 2.30. The molecule has 98 valence electrons. The Hall–Kier alpha value is 0.140.